The van der Waals surface area contributed by atoms with Crippen LogP contribution in [0.4, 0.5) is 11.4 Å². The maximum absolute atomic E-state index is 12.1. The number of benzene rings is 1. The Balaban J connectivity index is 2.05. The lowest BCUT2D eigenvalue weighted by molar-refractivity contribution is -0.149. The molecule has 0 saturated heterocycles. The van der Waals surface area contributed by atoms with Crippen LogP contribution in [0, 0.1) is 5.92 Å². The van der Waals surface area contributed by atoms with Crippen molar-refractivity contribution in [1.29, 1.82) is 0 Å². The average molecular weight is 306 g/mol. The molecule has 1 atom stereocenters. The third-order valence-electron chi connectivity index (χ3n) is 3.53. The van der Waals surface area contributed by atoms with Crippen LogP contribution in [0.25, 0.3) is 0 Å². The van der Waals surface area contributed by atoms with Crippen LogP contribution in [-0.2, 0) is 20.7 Å². The molecule has 1 aliphatic rings. The Morgan fingerprint density at radius 1 is 1.45 bits per heavy atom. The molecule has 0 saturated carbocycles. The Hall–Kier alpha value is -2.08. The molecule has 2 rings (SSSR count). The summed E-state index contributed by atoms with van der Waals surface area (Å²) in [5.41, 5.74) is 2.67. The van der Waals surface area contributed by atoms with Crippen molar-refractivity contribution in [2.45, 2.75) is 26.4 Å². The van der Waals surface area contributed by atoms with Gasteiger partial charge in [-0.1, -0.05) is 13.8 Å². The van der Waals surface area contributed by atoms with Gasteiger partial charge in [0.25, 0.3) is 0 Å². The number of esters is 1. The van der Waals surface area contributed by atoms with Crippen molar-refractivity contribution in [3.63, 3.8) is 0 Å². The van der Waals surface area contributed by atoms with Crippen LogP contribution in [0.5, 0.6) is 0 Å². The van der Waals surface area contributed by atoms with E-state index in [2.05, 4.69) is 23.9 Å². The second-order valence-corrected chi connectivity index (χ2v) is 5.84. The maximum atomic E-state index is 12.1. The predicted molar refractivity (Wildman–Crippen MR) is 83.8 cm³/mol. The fourth-order valence-corrected chi connectivity index (χ4v) is 2.49. The van der Waals surface area contributed by atoms with E-state index in [1.165, 1.54) is 7.11 Å². The number of methoxy groups -OCH3 is 1. The van der Waals surface area contributed by atoms with Gasteiger partial charge in [-0.3, -0.25) is 4.79 Å². The minimum atomic E-state index is -1.21. The molecular weight excluding hydrogens is 284 g/mol. The largest absolute Gasteiger partial charge is 0.467 e. The Labute approximate surface area is 130 Å². The zero-order valence-corrected chi connectivity index (χ0v) is 13.1. The van der Waals surface area contributed by atoms with E-state index in [9.17, 15) is 14.7 Å². The highest BCUT2D eigenvalue weighted by Gasteiger charge is 2.27. The van der Waals surface area contributed by atoms with Crippen molar-refractivity contribution in [3.8, 4) is 0 Å². The van der Waals surface area contributed by atoms with Gasteiger partial charge in [0.1, 0.15) is 0 Å². The van der Waals surface area contributed by atoms with Crippen molar-refractivity contribution < 1.29 is 19.4 Å². The van der Waals surface area contributed by atoms with Crippen molar-refractivity contribution in [2.24, 2.45) is 5.92 Å². The molecule has 0 fully saturated rings. The standard InChI is InChI=1S/C16H22N2O4/c1-10(2)9-18-13-5-4-12(6-11(13)7-15(18)20)17-8-14(19)16(21)22-3/h4-6,10,14,17,19H,7-9H2,1-3H3/t14-/m1/s1. The molecule has 1 aromatic carbocycles. The lowest BCUT2D eigenvalue weighted by Crippen LogP contribution is -2.30. The van der Waals surface area contributed by atoms with Crippen molar-refractivity contribution in [2.75, 3.05) is 30.4 Å². The van der Waals surface area contributed by atoms with Crippen LogP contribution in [-0.4, -0.2) is 43.3 Å². The number of ether oxygens (including phenoxy) is 1. The summed E-state index contributed by atoms with van der Waals surface area (Å²) in [4.78, 5) is 25.0. The van der Waals surface area contributed by atoms with Crippen LogP contribution in [0.15, 0.2) is 18.2 Å². The van der Waals surface area contributed by atoms with E-state index in [0.717, 1.165) is 16.9 Å². The van der Waals surface area contributed by atoms with Gasteiger partial charge < -0.3 is 20.1 Å². The van der Waals surface area contributed by atoms with Gasteiger partial charge in [-0.15, -0.1) is 0 Å². The maximum Gasteiger partial charge on any atom is 0.336 e. The zero-order valence-electron chi connectivity index (χ0n) is 13.1. The first kappa shape index (κ1) is 16.3. The second kappa shape index (κ2) is 6.79. The minimum absolute atomic E-state index is 0.0646. The highest BCUT2D eigenvalue weighted by atomic mass is 16.5. The number of carbonyl (C=O) groups excluding carboxylic acids is 2. The number of carbonyl (C=O) groups is 2. The van der Waals surface area contributed by atoms with Gasteiger partial charge in [0, 0.05) is 17.9 Å². The number of rotatable bonds is 6. The molecule has 0 spiro atoms. The number of fused-ring (bicyclic) bond motifs is 1. The summed E-state index contributed by atoms with van der Waals surface area (Å²) < 4.78 is 4.46. The number of aliphatic hydroxyl groups is 1. The molecule has 120 valence electrons. The van der Waals surface area contributed by atoms with Crippen LogP contribution in [0.3, 0.4) is 0 Å². The van der Waals surface area contributed by atoms with E-state index < -0.39 is 12.1 Å². The van der Waals surface area contributed by atoms with Gasteiger partial charge in [0.05, 0.1) is 20.1 Å². The number of nitrogens with one attached hydrogen (secondary N) is 1. The first-order valence-electron chi connectivity index (χ1n) is 7.35. The molecule has 0 unspecified atom stereocenters. The van der Waals surface area contributed by atoms with Gasteiger partial charge in [-0.2, -0.15) is 0 Å². The monoisotopic (exact) mass is 306 g/mol. The minimum Gasteiger partial charge on any atom is -0.467 e. The summed E-state index contributed by atoms with van der Waals surface area (Å²) in [6, 6.07) is 5.63. The van der Waals surface area contributed by atoms with Gasteiger partial charge in [0.15, 0.2) is 6.10 Å². The average Bonchev–Trinajstić information content (AvgIpc) is 2.78. The molecule has 1 aliphatic heterocycles. The molecule has 0 aromatic heterocycles. The number of nitrogens with zero attached hydrogens (tertiary/aromatic N) is 1. The van der Waals surface area contributed by atoms with E-state index in [-0.39, 0.29) is 12.5 Å². The third-order valence-corrected chi connectivity index (χ3v) is 3.53. The summed E-state index contributed by atoms with van der Waals surface area (Å²) in [6.45, 7) is 4.93. The van der Waals surface area contributed by atoms with Crippen molar-refractivity contribution in [1.82, 2.24) is 0 Å². The molecule has 0 bridgehead atoms. The first-order valence-corrected chi connectivity index (χ1v) is 7.35. The fourth-order valence-electron chi connectivity index (χ4n) is 2.49. The van der Waals surface area contributed by atoms with Crippen LogP contribution in [0.1, 0.15) is 19.4 Å². The van der Waals surface area contributed by atoms with E-state index in [1.54, 1.807) is 0 Å². The highest BCUT2D eigenvalue weighted by molar-refractivity contribution is 6.01. The summed E-state index contributed by atoms with van der Waals surface area (Å²) in [5.74, 6) is -0.162. The Morgan fingerprint density at radius 3 is 2.82 bits per heavy atom. The number of aliphatic hydroxyl groups excluding tert-OH is 1. The molecule has 22 heavy (non-hydrogen) atoms. The van der Waals surface area contributed by atoms with Crippen molar-refractivity contribution >= 4 is 23.3 Å². The van der Waals surface area contributed by atoms with E-state index in [1.807, 2.05) is 23.1 Å². The van der Waals surface area contributed by atoms with Gasteiger partial charge in [0.2, 0.25) is 5.91 Å². The van der Waals surface area contributed by atoms with Gasteiger partial charge in [-0.25, -0.2) is 4.79 Å². The van der Waals surface area contributed by atoms with Crippen LogP contribution >= 0.6 is 0 Å². The lowest BCUT2D eigenvalue weighted by Gasteiger charge is -2.20. The quantitative estimate of drug-likeness (QED) is 0.772. The Kier molecular flexibility index (Phi) is 5.03. The molecule has 0 radical (unpaired) electrons. The molecule has 1 aromatic rings. The summed E-state index contributed by atoms with van der Waals surface area (Å²) >= 11 is 0. The van der Waals surface area contributed by atoms with Crippen LogP contribution < -0.4 is 10.2 Å². The Morgan fingerprint density at radius 2 is 2.18 bits per heavy atom. The SMILES string of the molecule is COC(=O)[C@H](O)CNc1ccc2c(c1)CC(=O)N2CC(C)C. The number of amides is 1. The van der Waals surface area contributed by atoms with E-state index >= 15 is 0 Å². The number of hydrogen-bond donors (Lipinski definition) is 2. The smallest absolute Gasteiger partial charge is 0.336 e. The van der Waals surface area contributed by atoms with E-state index in [0.29, 0.717) is 18.9 Å². The summed E-state index contributed by atoms with van der Waals surface area (Å²) in [7, 11) is 1.23. The first-order chi connectivity index (χ1) is 10.4. The molecule has 6 nitrogen and oxygen atoms in total. The van der Waals surface area contributed by atoms with Crippen LogP contribution in [0.2, 0.25) is 0 Å². The van der Waals surface area contributed by atoms with Gasteiger partial charge >= 0.3 is 5.97 Å². The van der Waals surface area contributed by atoms with Crippen molar-refractivity contribution in [3.05, 3.63) is 23.8 Å². The molecule has 0 aliphatic carbocycles. The second-order valence-electron chi connectivity index (χ2n) is 5.84. The normalized spacial score (nSPS) is 15.0. The molecule has 2 N–H and O–H groups in total. The molecule has 1 heterocycles. The summed E-state index contributed by atoms with van der Waals surface area (Å²) in [5, 5.41) is 12.5. The number of hydrogen-bond acceptors (Lipinski definition) is 5. The predicted octanol–water partition coefficient (Wildman–Crippen LogP) is 1.18. The summed E-state index contributed by atoms with van der Waals surface area (Å²) in [6.07, 6.45) is -0.825. The molecular formula is C16H22N2O4. The highest BCUT2D eigenvalue weighted by Crippen LogP contribution is 2.31. The lowest BCUT2D eigenvalue weighted by atomic mass is 10.1. The number of anilines is 2. The fraction of sp³-hybridized carbons (Fsp3) is 0.500. The zero-order chi connectivity index (χ0) is 16.3. The van der Waals surface area contributed by atoms with Gasteiger partial charge in [-0.05, 0) is 29.7 Å². The topological polar surface area (TPSA) is 78.9 Å². The molecule has 1 amide bonds. The Bertz CT molecular complexity index is 571. The third kappa shape index (κ3) is 3.57. The molecule has 6 heteroatoms. The van der Waals surface area contributed by atoms with E-state index in [4.69, 9.17) is 0 Å².